The summed E-state index contributed by atoms with van der Waals surface area (Å²) in [4.78, 5) is 10.1. The number of rotatable bonds is 6. The molecule has 0 aromatic heterocycles. The van der Waals surface area contributed by atoms with Crippen molar-refractivity contribution in [3.05, 3.63) is 31.9 Å². The summed E-state index contributed by atoms with van der Waals surface area (Å²) in [5.41, 5.74) is 1.04. The van der Waals surface area contributed by atoms with E-state index in [1.807, 2.05) is 0 Å². The Bertz CT molecular complexity index is 371. The molecule has 1 aromatic carbocycles. The van der Waals surface area contributed by atoms with E-state index < -0.39 is 4.92 Å². The molecule has 0 aliphatic heterocycles. The SMILES string of the molecule is COCCCNc1ccc([N+](=O)[O-])cc1I. The van der Waals surface area contributed by atoms with Gasteiger partial charge in [-0.15, -0.1) is 0 Å². The maximum absolute atomic E-state index is 10.5. The van der Waals surface area contributed by atoms with Gasteiger partial charge in [-0.3, -0.25) is 10.1 Å². The number of ether oxygens (including phenoxy) is 1. The van der Waals surface area contributed by atoms with Gasteiger partial charge in [0.2, 0.25) is 0 Å². The third-order valence-electron chi connectivity index (χ3n) is 2.00. The van der Waals surface area contributed by atoms with Crippen LogP contribution in [0.2, 0.25) is 0 Å². The van der Waals surface area contributed by atoms with Crippen molar-refractivity contribution in [3.8, 4) is 0 Å². The van der Waals surface area contributed by atoms with E-state index in [2.05, 4.69) is 27.9 Å². The molecule has 0 spiro atoms. The molecule has 0 saturated carbocycles. The lowest BCUT2D eigenvalue weighted by Gasteiger charge is -2.07. The normalized spacial score (nSPS) is 10.1. The Kier molecular flexibility index (Phi) is 5.47. The van der Waals surface area contributed by atoms with Crippen molar-refractivity contribution >= 4 is 34.0 Å². The minimum absolute atomic E-state index is 0.117. The van der Waals surface area contributed by atoms with Crippen molar-refractivity contribution < 1.29 is 9.66 Å². The fraction of sp³-hybridized carbons (Fsp3) is 0.400. The zero-order valence-corrected chi connectivity index (χ0v) is 11.1. The number of hydrogen-bond acceptors (Lipinski definition) is 4. The third kappa shape index (κ3) is 3.93. The number of nitro groups is 1. The first kappa shape index (κ1) is 13.2. The predicted molar refractivity (Wildman–Crippen MR) is 70.8 cm³/mol. The van der Waals surface area contributed by atoms with Crippen LogP contribution in [0.15, 0.2) is 18.2 Å². The largest absolute Gasteiger partial charge is 0.385 e. The lowest BCUT2D eigenvalue weighted by atomic mass is 10.3. The summed E-state index contributed by atoms with van der Waals surface area (Å²) in [6, 6.07) is 4.78. The molecule has 0 aliphatic carbocycles. The number of benzene rings is 1. The summed E-state index contributed by atoms with van der Waals surface area (Å²) in [6.45, 7) is 1.50. The molecule has 0 fully saturated rings. The zero-order chi connectivity index (χ0) is 12.0. The van der Waals surface area contributed by atoms with Gasteiger partial charge < -0.3 is 10.1 Å². The molecule has 0 unspecified atom stereocenters. The van der Waals surface area contributed by atoms with Gasteiger partial charge in [0, 0.05) is 41.7 Å². The maximum Gasteiger partial charge on any atom is 0.270 e. The second kappa shape index (κ2) is 6.64. The van der Waals surface area contributed by atoms with Crippen LogP contribution in [0, 0.1) is 13.7 Å². The van der Waals surface area contributed by atoms with Gasteiger partial charge in [-0.05, 0) is 35.1 Å². The molecule has 0 saturated heterocycles. The van der Waals surface area contributed by atoms with Crippen molar-refractivity contribution in [2.24, 2.45) is 0 Å². The Morgan fingerprint density at radius 1 is 1.56 bits per heavy atom. The van der Waals surface area contributed by atoms with Crippen LogP contribution in [-0.2, 0) is 4.74 Å². The van der Waals surface area contributed by atoms with Crippen LogP contribution in [0.5, 0.6) is 0 Å². The number of nitrogens with one attached hydrogen (secondary N) is 1. The number of non-ortho nitro benzene ring substituents is 1. The maximum atomic E-state index is 10.5. The van der Waals surface area contributed by atoms with E-state index >= 15 is 0 Å². The van der Waals surface area contributed by atoms with Crippen LogP contribution in [0.25, 0.3) is 0 Å². The number of methoxy groups -OCH3 is 1. The summed E-state index contributed by atoms with van der Waals surface area (Å²) >= 11 is 2.08. The van der Waals surface area contributed by atoms with Crippen LogP contribution >= 0.6 is 22.6 Å². The zero-order valence-electron chi connectivity index (χ0n) is 8.90. The highest BCUT2D eigenvalue weighted by atomic mass is 127. The Balaban J connectivity index is 2.57. The summed E-state index contributed by atoms with van der Waals surface area (Å²) in [7, 11) is 1.66. The van der Waals surface area contributed by atoms with E-state index in [0.29, 0.717) is 6.61 Å². The molecule has 6 heteroatoms. The van der Waals surface area contributed by atoms with Crippen LogP contribution < -0.4 is 5.32 Å². The first-order valence-corrected chi connectivity index (χ1v) is 5.89. The highest BCUT2D eigenvalue weighted by Crippen LogP contribution is 2.23. The van der Waals surface area contributed by atoms with Crippen molar-refractivity contribution in [1.82, 2.24) is 0 Å². The molecule has 0 atom stereocenters. The minimum Gasteiger partial charge on any atom is -0.385 e. The molecule has 0 heterocycles. The Morgan fingerprint density at radius 3 is 2.88 bits per heavy atom. The van der Waals surface area contributed by atoms with E-state index in [1.54, 1.807) is 19.2 Å². The monoisotopic (exact) mass is 336 g/mol. The molecule has 1 N–H and O–H groups in total. The lowest BCUT2D eigenvalue weighted by Crippen LogP contribution is -2.05. The van der Waals surface area contributed by atoms with Gasteiger partial charge in [-0.25, -0.2) is 0 Å². The second-order valence-corrected chi connectivity index (χ2v) is 4.36. The summed E-state index contributed by atoms with van der Waals surface area (Å²) in [6.07, 6.45) is 0.906. The summed E-state index contributed by atoms with van der Waals surface area (Å²) in [5, 5.41) is 13.7. The Labute approximate surface area is 107 Å². The molecule has 0 amide bonds. The first-order chi connectivity index (χ1) is 7.65. The lowest BCUT2D eigenvalue weighted by molar-refractivity contribution is -0.384. The minimum atomic E-state index is -0.392. The van der Waals surface area contributed by atoms with Gasteiger partial charge in [0.25, 0.3) is 5.69 Å². The van der Waals surface area contributed by atoms with E-state index in [4.69, 9.17) is 4.74 Å². The number of nitro benzene ring substituents is 1. The molecule has 1 aromatic rings. The van der Waals surface area contributed by atoms with E-state index in [1.165, 1.54) is 6.07 Å². The summed E-state index contributed by atoms with van der Waals surface area (Å²) in [5.74, 6) is 0. The van der Waals surface area contributed by atoms with Crippen molar-refractivity contribution in [2.75, 3.05) is 25.6 Å². The molecule has 16 heavy (non-hydrogen) atoms. The second-order valence-electron chi connectivity index (χ2n) is 3.19. The molecular weight excluding hydrogens is 323 g/mol. The first-order valence-electron chi connectivity index (χ1n) is 4.82. The Hall–Kier alpha value is -0.890. The molecule has 5 nitrogen and oxygen atoms in total. The molecule has 0 radical (unpaired) electrons. The van der Waals surface area contributed by atoms with Gasteiger partial charge in [-0.1, -0.05) is 0 Å². The predicted octanol–water partition coefficient (Wildman–Crippen LogP) is 2.65. The van der Waals surface area contributed by atoms with Crippen LogP contribution in [0.4, 0.5) is 11.4 Å². The molecule has 0 aliphatic rings. The highest BCUT2D eigenvalue weighted by Gasteiger charge is 2.08. The van der Waals surface area contributed by atoms with Gasteiger partial charge in [0.15, 0.2) is 0 Å². The fourth-order valence-electron chi connectivity index (χ4n) is 1.20. The average molecular weight is 336 g/mol. The molecule has 0 bridgehead atoms. The van der Waals surface area contributed by atoms with Crippen LogP contribution in [0.1, 0.15) is 6.42 Å². The van der Waals surface area contributed by atoms with Gasteiger partial charge in [0.05, 0.1) is 4.92 Å². The summed E-state index contributed by atoms with van der Waals surface area (Å²) < 4.78 is 5.78. The molecule has 1 rings (SSSR count). The highest BCUT2D eigenvalue weighted by molar-refractivity contribution is 14.1. The van der Waals surface area contributed by atoms with Crippen molar-refractivity contribution in [2.45, 2.75) is 6.42 Å². The van der Waals surface area contributed by atoms with Crippen LogP contribution in [-0.4, -0.2) is 25.2 Å². The van der Waals surface area contributed by atoms with Crippen molar-refractivity contribution in [3.63, 3.8) is 0 Å². The Morgan fingerprint density at radius 2 is 2.31 bits per heavy atom. The van der Waals surface area contributed by atoms with Gasteiger partial charge in [-0.2, -0.15) is 0 Å². The fourth-order valence-corrected chi connectivity index (χ4v) is 1.89. The average Bonchev–Trinajstić information content (AvgIpc) is 2.26. The smallest absolute Gasteiger partial charge is 0.270 e. The number of hydrogen-bond donors (Lipinski definition) is 1. The van der Waals surface area contributed by atoms with E-state index in [-0.39, 0.29) is 5.69 Å². The quantitative estimate of drug-likeness (QED) is 0.375. The van der Waals surface area contributed by atoms with Gasteiger partial charge in [0.1, 0.15) is 0 Å². The topological polar surface area (TPSA) is 64.4 Å². The number of anilines is 1. The van der Waals surface area contributed by atoms with Gasteiger partial charge >= 0.3 is 0 Å². The van der Waals surface area contributed by atoms with Crippen molar-refractivity contribution in [1.29, 1.82) is 0 Å². The molecule has 88 valence electrons. The molecular formula is C10H13IN2O3. The number of nitrogens with zero attached hydrogens (tertiary/aromatic N) is 1. The van der Waals surface area contributed by atoms with E-state index in [9.17, 15) is 10.1 Å². The van der Waals surface area contributed by atoms with E-state index in [0.717, 1.165) is 22.2 Å². The van der Waals surface area contributed by atoms with Crippen LogP contribution in [0.3, 0.4) is 0 Å². The number of halogens is 1. The third-order valence-corrected chi connectivity index (χ3v) is 2.90. The standard InChI is InChI=1S/C10H13IN2O3/c1-16-6-2-5-12-10-4-3-8(13(14)15)7-9(10)11/h3-4,7,12H,2,5-6H2,1H3.